The first-order valence-corrected chi connectivity index (χ1v) is 10.6. The number of nitrogens with one attached hydrogen (secondary N) is 4. The molecule has 3 unspecified atom stereocenters. The van der Waals surface area contributed by atoms with Crippen molar-refractivity contribution in [3.8, 4) is 0 Å². The first kappa shape index (κ1) is 26.3. The highest BCUT2D eigenvalue weighted by molar-refractivity contribution is 5.95. The zero-order chi connectivity index (χ0) is 25.4. The van der Waals surface area contributed by atoms with Crippen LogP contribution < -0.4 is 21.7 Å². The van der Waals surface area contributed by atoms with Gasteiger partial charge in [0.25, 0.3) is 0 Å². The highest BCUT2D eigenvalue weighted by Crippen LogP contribution is 2.19. The van der Waals surface area contributed by atoms with Crippen molar-refractivity contribution in [1.29, 1.82) is 0 Å². The molecule has 0 aliphatic heterocycles. The fourth-order valence-electron chi connectivity index (χ4n) is 3.35. The zero-order valence-electron chi connectivity index (χ0n) is 18.8. The van der Waals surface area contributed by atoms with Gasteiger partial charge < -0.3 is 36.9 Å². The number of carboxylic acids is 2. The summed E-state index contributed by atoms with van der Waals surface area (Å²) in [5.41, 5.74) is 7.13. The van der Waals surface area contributed by atoms with Gasteiger partial charge in [0, 0.05) is 23.5 Å². The van der Waals surface area contributed by atoms with E-state index >= 15 is 0 Å². The van der Waals surface area contributed by atoms with Crippen LogP contribution in [-0.2, 0) is 30.4 Å². The average Bonchev–Trinajstić information content (AvgIpc) is 3.17. The Morgan fingerprint density at radius 1 is 0.971 bits per heavy atom. The van der Waals surface area contributed by atoms with Crippen LogP contribution in [0.15, 0.2) is 30.5 Å². The molecule has 0 radical (unpaired) electrons. The number of fused-ring (bicyclic) bond motifs is 1. The number of carboxylic acid groups (broad SMARTS) is 2. The van der Waals surface area contributed by atoms with Crippen LogP contribution in [0.2, 0.25) is 0 Å². The Balaban J connectivity index is 2.22. The summed E-state index contributed by atoms with van der Waals surface area (Å²) < 4.78 is 0. The Labute approximate surface area is 195 Å². The topological polar surface area (TPSA) is 204 Å². The smallest absolute Gasteiger partial charge is 0.322 e. The van der Waals surface area contributed by atoms with E-state index in [1.165, 1.54) is 0 Å². The van der Waals surface area contributed by atoms with Crippen molar-refractivity contribution in [3.63, 3.8) is 0 Å². The van der Waals surface area contributed by atoms with Gasteiger partial charge in [0.2, 0.25) is 17.7 Å². The first-order valence-electron chi connectivity index (χ1n) is 10.6. The lowest BCUT2D eigenvalue weighted by molar-refractivity contribution is -0.140. The molecule has 0 saturated heterocycles. The number of amides is 3. The molecular weight excluding hydrogens is 446 g/mol. The quantitative estimate of drug-likeness (QED) is 0.209. The number of hydrogen-bond acceptors (Lipinski definition) is 6. The Kier molecular flexibility index (Phi) is 9.13. The summed E-state index contributed by atoms with van der Waals surface area (Å²) in [6.07, 6.45) is 1.14. The summed E-state index contributed by atoms with van der Waals surface area (Å²) in [5, 5.41) is 25.8. The molecule has 3 atom stereocenters. The van der Waals surface area contributed by atoms with Crippen LogP contribution in [0.25, 0.3) is 10.9 Å². The molecule has 12 heteroatoms. The third-order valence-electron chi connectivity index (χ3n) is 5.12. The summed E-state index contributed by atoms with van der Waals surface area (Å²) >= 11 is 0. The number of aromatic nitrogens is 1. The Hall–Kier alpha value is -3.93. The van der Waals surface area contributed by atoms with Gasteiger partial charge in [-0.2, -0.15) is 0 Å². The second-order valence-corrected chi connectivity index (χ2v) is 8.17. The van der Waals surface area contributed by atoms with E-state index in [9.17, 15) is 24.0 Å². The number of carbonyl (C=O) groups excluding carboxylic acids is 3. The van der Waals surface area contributed by atoms with E-state index in [0.717, 1.165) is 16.5 Å². The van der Waals surface area contributed by atoms with Crippen molar-refractivity contribution in [2.45, 2.75) is 44.8 Å². The number of para-hydroxylation sites is 1. The van der Waals surface area contributed by atoms with Gasteiger partial charge in [0.1, 0.15) is 18.6 Å². The molecule has 2 rings (SSSR count). The molecular formula is C22H29N5O7. The van der Waals surface area contributed by atoms with Gasteiger partial charge in [-0.05, 0) is 17.5 Å². The number of rotatable bonds is 12. The number of carbonyl (C=O) groups is 5. The van der Waals surface area contributed by atoms with Crippen LogP contribution >= 0.6 is 0 Å². The van der Waals surface area contributed by atoms with Gasteiger partial charge in [-0.15, -0.1) is 0 Å². The monoisotopic (exact) mass is 475 g/mol. The number of H-pyrrole nitrogens is 1. The van der Waals surface area contributed by atoms with Crippen molar-refractivity contribution in [2.75, 3.05) is 6.54 Å². The van der Waals surface area contributed by atoms with Crippen molar-refractivity contribution in [1.82, 2.24) is 20.9 Å². The molecule has 0 bridgehead atoms. The Bertz CT molecular complexity index is 1060. The van der Waals surface area contributed by atoms with Crippen LogP contribution in [0.3, 0.4) is 0 Å². The fourth-order valence-corrected chi connectivity index (χ4v) is 3.35. The molecule has 12 nitrogen and oxygen atoms in total. The van der Waals surface area contributed by atoms with Crippen molar-refractivity contribution < 1.29 is 34.2 Å². The second kappa shape index (κ2) is 11.8. The second-order valence-electron chi connectivity index (χ2n) is 8.17. The van der Waals surface area contributed by atoms with E-state index in [4.69, 9.17) is 15.9 Å². The van der Waals surface area contributed by atoms with Gasteiger partial charge in [-0.25, -0.2) is 0 Å². The summed E-state index contributed by atoms with van der Waals surface area (Å²) in [6, 6.07) is 3.75. The molecule has 1 aromatic carbocycles. The maximum absolute atomic E-state index is 13.0. The predicted octanol–water partition coefficient (Wildman–Crippen LogP) is -0.661. The van der Waals surface area contributed by atoms with Gasteiger partial charge in [-0.1, -0.05) is 32.0 Å². The standard InChI is InChI=1S/C22H29N5O7/c1-11(2)19(27-20(32)14(23)8-17(28)29)22(34)26-16(21(33)25-10-18(30)31)7-12-9-24-15-6-4-3-5-13(12)15/h3-6,9,11,14,16,19,24H,7-8,10,23H2,1-2H3,(H,25,33)(H,26,34)(H,27,32)(H,28,29)(H,30,31). The van der Waals surface area contributed by atoms with Crippen molar-refractivity contribution >= 4 is 40.6 Å². The van der Waals surface area contributed by atoms with E-state index in [-0.39, 0.29) is 6.42 Å². The maximum atomic E-state index is 13.0. The first-order chi connectivity index (χ1) is 16.0. The number of aliphatic carboxylic acids is 2. The van der Waals surface area contributed by atoms with Gasteiger partial charge in [0.15, 0.2) is 0 Å². The number of aromatic amines is 1. The minimum absolute atomic E-state index is 0.0541. The van der Waals surface area contributed by atoms with Gasteiger partial charge in [-0.3, -0.25) is 24.0 Å². The lowest BCUT2D eigenvalue weighted by Gasteiger charge is -2.26. The molecule has 0 aliphatic rings. The molecule has 8 N–H and O–H groups in total. The molecule has 1 heterocycles. The lowest BCUT2D eigenvalue weighted by Crippen LogP contribution is -2.58. The molecule has 0 aliphatic carbocycles. The van der Waals surface area contributed by atoms with Gasteiger partial charge >= 0.3 is 11.9 Å². The van der Waals surface area contributed by atoms with Crippen LogP contribution in [0, 0.1) is 5.92 Å². The normalized spacial score (nSPS) is 13.6. The molecule has 184 valence electrons. The fraction of sp³-hybridized carbons (Fsp3) is 0.409. The predicted molar refractivity (Wildman–Crippen MR) is 122 cm³/mol. The minimum Gasteiger partial charge on any atom is -0.481 e. The molecule has 3 amide bonds. The average molecular weight is 476 g/mol. The number of nitrogens with two attached hydrogens (primary N) is 1. The summed E-state index contributed by atoms with van der Waals surface area (Å²) in [7, 11) is 0. The van der Waals surface area contributed by atoms with Gasteiger partial charge in [0.05, 0.1) is 12.5 Å². The van der Waals surface area contributed by atoms with Crippen molar-refractivity contribution in [3.05, 3.63) is 36.0 Å². The number of hydrogen-bond donors (Lipinski definition) is 7. The Morgan fingerprint density at radius 3 is 2.26 bits per heavy atom. The largest absolute Gasteiger partial charge is 0.481 e. The van der Waals surface area contributed by atoms with E-state index < -0.39 is 66.7 Å². The van der Waals surface area contributed by atoms with E-state index in [1.807, 2.05) is 24.3 Å². The zero-order valence-corrected chi connectivity index (χ0v) is 18.8. The van der Waals surface area contributed by atoms with Crippen LogP contribution in [0.4, 0.5) is 0 Å². The molecule has 0 fully saturated rings. The molecule has 34 heavy (non-hydrogen) atoms. The van der Waals surface area contributed by atoms with Crippen LogP contribution in [0.1, 0.15) is 25.8 Å². The Morgan fingerprint density at radius 2 is 1.65 bits per heavy atom. The highest BCUT2D eigenvalue weighted by atomic mass is 16.4. The molecule has 1 aromatic heterocycles. The molecule has 2 aromatic rings. The third kappa shape index (κ3) is 7.30. The summed E-state index contributed by atoms with van der Waals surface area (Å²) in [5.74, 6) is -5.15. The number of benzene rings is 1. The SMILES string of the molecule is CC(C)C(NC(=O)C(N)CC(=O)O)C(=O)NC(Cc1c[nH]c2ccccc12)C(=O)NCC(=O)O. The van der Waals surface area contributed by atoms with E-state index in [2.05, 4.69) is 20.9 Å². The lowest BCUT2D eigenvalue weighted by atomic mass is 10.00. The van der Waals surface area contributed by atoms with E-state index in [1.54, 1.807) is 20.0 Å². The van der Waals surface area contributed by atoms with E-state index in [0.29, 0.717) is 0 Å². The summed E-state index contributed by atoms with van der Waals surface area (Å²) in [4.78, 5) is 62.8. The molecule has 0 spiro atoms. The third-order valence-corrected chi connectivity index (χ3v) is 5.12. The maximum Gasteiger partial charge on any atom is 0.322 e. The molecule has 0 saturated carbocycles. The highest BCUT2D eigenvalue weighted by Gasteiger charge is 2.31. The van der Waals surface area contributed by atoms with Crippen LogP contribution in [0.5, 0.6) is 0 Å². The van der Waals surface area contributed by atoms with Crippen molar-refractivity contribution in [2.24, 2.45) is 11.7 Å². The van der Waals surface area contributed by atoms with Crippen LogP contribution in [-0.4, -0.2) is 69.5 Å². The minimum atomic E-state index is -1.35. The summed E-state index contributed by atoms with van der Waals surface area (Å²) in [6.45, 7) is 2.69.